The number of hydrogen-bond acceptors (Lipinski definition) is 4. The Bertz CT molecular complexity index is 1270. The van der Waals surface area contributed by atoms with Crippen LogP contribution in [0.2, 0.25) is 0 Å². The predicted molar refractivity (Wildman–Crippen MR) is 121 cm³/mol. The number of nitrogens with one attached hydrogen (secondary N) is 4. The summed E-state index contributed by atoms with van der Waals surface area (Å²) in [5, 5.41) is 11.5. The molecule has 1 aromatic heterocycles. The predicted octanol–water partition coefficient (Wildman–Crippen LogP) is 2.81. The van der Waals surface area contributed by atoms with E-state index >= 15 is 0 Å². The van der Waals surface area contributed by atoms with Crippen LogP contribution in [0.25, 0.3) is 22.0 Å². The van der Waals surface area contributed by atoms with Crippen molar-refractivity contribution < 1.29 is 14.4 Å². The molecule has 0 radical (unpaired) electrons. The molecule has 0 aliphatic carbocycles. The van der Waals surface area contributed by atoms with E-state index in [1.54, 1.807) is 18.2 Å². The van der Waals surface area contributed by atoms with Gasteiger partial charge in [-0.25, -0.2) is 0 Å². The van der Waals surface area contributed by atoms with Crippen LogP contribution in [0.1, 0.15) is 27.3 Å². The number of fused-ring (bicyclic) bond motifs is 1. The number of aromatic amines is 1. The minimum Gasteiger partial charge on any atom is -0.352 e. The third-order valence-electron chi connectivity index (χ3n) is 4.86. The van der Waals surface area contributed by atoms with Crippen molar-refractivity contribution in [3.63, 3.8) is 0 Å². The molecule has 0 bridgehead atoms. The van der Waals surface area contributed by atoms with Gasteiger partial charge in [0.05, 0.1) is 5.69 Å². The van der Waals surface area contributed by atoms with E-state index in [2.05, 4.69) is 26.4 Å². The quantitative estimate of drug-likeness (QED) is 0.354. The molecule has 0 atom stereocenters. The Morgan fingerprint density at radius 1 is 0.781 bits per heavy atom. The Morgan fingerprint density at radius 2 is 1.53 bits per heavy atom. The van der Waals surface area contributed by atoms with Gasteiger partial charge in [-0.15, -0.1) is 0 Å². The van der Waals surface area contributed by atoms with Crippen LogP contribution < -0.4 is 16.2 Å². The van der Waals surface area contributed by atoms with E-state index in [0.717, 1.165) is 16.3 Å². The zero-order valence-electron chi connectivity index (χ0n) is 17.1. The fourth-order valence-electron chi connectivity index (χ4n) is 3.17. The van der Waals surface area contributed by atoms with Gasteiger partial charge < -0.3 is 5.32 Å². The van der Waals surface area contributed by atoms with Crippen molar-refractivity contribution in [3.8, 4) is 11.3 Å². The molecule has 0 saturated heterocycles. The summed E-state index contributed by atoms with van der Waals surface area (Å²) in [7, 11) is 0. The van der Waals surface area contributed by atoms with Crippen LogP contribution in [0.5, 0.6) is 0 Å². The monoisotopic (exact) mass is 427 g/mol. The Kier molecular flexibility index (Phi) is 6.22. The summed E-state index contributed by atoms with van der Waals surface area (Å²) in [6, 6.07) is 24.2. The normalized spacial score (nSPS) is 10.5. The minimum absolute atomic E-state index is 0.0117. The van der Waals surface area contributed by atoms with Crippen molar-refractivity contribution in [2.24, 2.45) is 0 Å². The highest BCUT2D eigenvalue weighted by molar-refractivity contribution is 5.99. The van der Waals surface area contributed by atoms with Crippen molar-refractivity contribution in [2.45, 2.75) is 6.42 Å². The first-order valence-corrected chi connectivity index (χ1v) is 10.1. The molecule has 1 heterocycles. The highest BCUT2D eigenvalue weighted by Crippen LogP contribution is 2.17. The van der Waals surface area contributed by atoms with Crippen LogP contribution in [0.3, 0.4) is 0 Å². The van der Waals surface area contributed by atoms with E-state index in [9.17, 15) is 14.4 Å². The van der Waals surface area contributed by atoms with Crippen LogP contribution in [0.4, 0.5) is 0 Å². The maximum atomic E-state index is 12.3. The van der Waals surface area contributed by atoms with Crippen LogP contribution in [0, 0.1) is 0 Å². The van der Waals surface area contributed by atoms with E-state index in [1.807, 2.05) is 60.7 Å². The van der Waals surface area contributed by atoms with Crippen LogP contribution >= 0.6 is 0 Å². The summed E-state index contributed by atoms with van der Waals surface area (Å²) in [6.07, 6.45) is 0.0117. The molecule has 32 heavy (non-hydrogen) atoms. The molecule has 0 aliphatic heterocycles. The van der Waals surface area contributed by atoms with Crippen LogP contribution in [0.15, 0.2) is 78.9 Å². The van der Waals surface area contributed by atoms with Crippen molar-refractivity contribution in [1.29, 1.82) is 0 Å². The van der Waals surface area contributed by atoms with Crippen LogP contribution in [-0.4, -0.2) is 34.5 Å². The molecule has 0 spiro atoms. The number of amides is 3. The summed E-state index contributed by atoms with van der Waals surface area (Å²) < 4.78 is 0. The van der Waals surface area contributed by atoms with E-state index in [1.165, 1.54) is 0 Å². The Morgan fingerprint density at radius 3 is 2.34 bits per heavy atom. The Balaban J connectivity index is 1.22. The highest BCUT2D eigenvalue weighted by Gasteiger charge is 2.12. The summed E-state index contributed by atoms with van der Waals surface area (Å²) in [6.45, 7) is 0.135. The molecule has 3 aromatic carbocycles. The largest absolute Gasteiger partial charge is 0.352 e. The highest BCUT2D eigenvalue weighted by atomic mass is 16.2. The summed E-state index contributed by atoms with van der Waals surface area (Å²) in [5.41, 5.74) is 6.89. The van der Waals surface area contributed by atoms with Gasteiger partial charge in [0.1, 0.15) is 5.69 Å². The molecule has 0 fully saturated rings. The molecule has 4 aromatic rings. The van der Waals surface area contributed by atoms with Crippen molar-refractivity contribution >= 4 is 28.5 Å². The number of hydrogen-bond donors (Lipinski definition) is 4. The van der Waals surface area contributed by atoms with Crippen LogP contribution in [-0.2, 0) is 4.79 Å². The van der Waals surface area contributed by atoms with E-state index in [0.29, 0.717) is 11.3 Å². The fraction of sp³-hybridized carbons (Fsp3) is 0.0833. The molecular weight excluding hydrogens is 406 g/mol. The first-order chi connectivity index (χ1) is 15.6. The van der Waals surface area contributed by atoms with Gasteiger partial charge in [0.2, 0.25) is 5.91 Å². The lowest BCUT2D eigenvalue weighted by Crippen LogP contribution is -2.43. The molecular formula is C24H21N5O3. The SMILES string of the molecule is O=C(CCNC(=O)c1ccc2ccccc2c1)NNC(=O)c1cc(-c2ccccc2)n[nH]1. The lowest BCUT2D eigenvalue weighted by Gasteiger charge is -2.08. The molecule has 4 N–H and O–H groups in total. The van der Waals surface area contributed by atoms with Gasteiger partial charge in [-0.05, 0) is 29.0 Å². The average molecular weight is 427 g/mol. The molecule has 3 amide bonds. The summed E-state index contributed by atoms with van der Waals surface area (Å²) >= 11 is 0. The van der Waals surface area contributed by atoms with Gasteiger partial charge in [0.25, 0.3) is 11.8 Å². The topological polar surface area (TPSA) is 116 Å². The van der Waals surface area contributed by atoms with Gasteiger partial charge in [-0.3, -0.25) is 30.3 Å². The lowest BCUT2D eigenvalue weighted by atomic mass is 10.1. The van der Waals surface area contributed by atoms with E-state index < -0.39 is 11.8 Å². The minimum atomic E-state index is -0.520. The summed E-state index contributed by atoms with van der Waals surface area (Å²) in [4.78, 5) is 36.5. The summed E-state index contributed by atoms with van der Waals surface area (Å²) in [5.74, 6) is -1.22. The molecule has 8 nitrogen and oxygen atoms in total. The first-order valence-electron chi connectivity index (χ1n) is 10.1. The maximum absolute atomic E-state index is 12.3. The molecule has 0 unspecified atom stereocenters. The Hall–Kier alpha value is -4.46. The number of aromatic nitrogens is 2. The van der Waals surface area contributed by atoms with Gasteiger partial charge in [0.15, 0.2) is 0 Å². The second-order valence-corrected chi connectivity index (χ2v) is 7.10. The second kappa shape index (κ2) is 9.57. The van der Waals surface area contributed by atoms with Crippen molar-refractivity contribution in [1.82, 2.24) is 26.4 Å². The third-order valence-corrected chi connectivity index (χ3v) is 4.86. The molecule has 0 aliphatic rings. The van der Waals surface area contributed by atoms with E-state index in [-0.39, 0.29) is 24.6 Å². The maximum Gasteiger partial charge on any atom is 0.287 e. The average Bonchev–Trinajstić information content (AvgIpc) is 3.33. The van der Waals surface area contributed by atoms with Gasteiger partial charge in [-0.2, -0.15) is 5.10 Å². The standard InChI is InChI=1S/C24H21N5O3/c30-22(12-13-25-23(31)19-11-10-16-6-4-5-9-18(16)14-19)28-29-24(32)21-15-20(26-27-21)17-7-2-1-3-8-17/h1-11,14-15H,12-13H2,(H,25,31)(H,26,27)(H,28,30)(H,29,32). The Labute approximate surface area is 184 Å². The number of benzene rings is 3. The first kappa shape index (κ1) is 20.8. The van der Waals surface area contributed by atoms with Gasteiger partial charge in [-0.1, -0.05) is 60.7 Å². The zero-order valence-corrected chi connectivity index (χ0v) is 17.1. The zero-order chi connectivity index (χ0) is 22.3. The number of carbonyl (C=O) groups is 3. The number of H-pyrrole nitrogens is 1. The number of hydrazine groups is 1. The van der Waals surface area contributed by atoms with Gasteiger partial charge >= 0.3 is 0 Å². The number of nitrogens with zero attached hydrogens (tertiary/aromatic N) is 1. The van der Waals surface area contributed by atoms with Gasteiger partial charge in [0, 0.05) is 24.1 Å². The van der Waals surface area contributed by atoms with Crippen molar-refractivity contribution in [2.75, 3.05) is 6.54 Å². The number of carbonyl (C=O) groups excluding carboxylic acids is 3. The lowest BCUT2D eigenvalue weighted by molar-refractivity contribution is -0.121. The third kappa shape index (κ3) is 4.99. The fourth-order valence-corrected chi connectivity index (χ4v) is 3.17. The molecule has 0 saturated carbocycles. The second-order valence-electron chi connectivity index (χ2n) is 7.10. The molecule has 4 rings (SSSR count). The van der Waals surface area contributed by atoms with E-state index in [4.69, 9.17) is 0 Å². The molecule has 8 heteroatoms. The molecule has 160 valence electrons. The van der Waals surface area contributed by atoms with Crippen molar-refractivity contribution in [3.05, 3.63) is 90.1 Å². The number of rotatable bonds is 6. The smallest absolute Gasteiger partial charge is 0.287 e.